The average molecular weight is 314 g/mol. The molecule has 1 aromatic heterocycles. The lowest BCUT2D eigenvalue weighted by Crippen LogP contribution is -2.55. The molecule has 1 fully saturated rings. The van der Waals surface area contributed by atoms with Crippen LogP contribution >= 0.6 is 0 Å². The highest BCUT2D eigenvalue weighted by Gasteiger charge is 2.30. The van der Waals surface area contributed by atoms with Crippen molar-refractivity contribution in [2.24, 2.45) is 5.92 Å². The van der Waals surface area contributed by atoms with Crippen LogP contribution in [-0.4, -0.2) is 29.7 Å². The third-order valence-electron chi connectivity index (χ3n) is 3.85. The van der Waals surface area contributed by atoms with Gasteiger partial charge in [-0.25, -0.2) is 4.79 Å². The molecular formula is C16H18N4O3. The highest BCUT2D eigenvalue weighted by Crippen LogP contribution is 2.22. The highest BCUT2D eigenvalue weighted by molar-refractivity contribution is 5.93. The van der Waals surface area contributed by atoms with Gasteiger partial charge >= 0.3 is 6.03 Å². The van der Waals surface area contributed by atoms with Gasteiger partial charge in [0, 0.05) is 18.2 Å². The number of benzene rings is 1. The number of nitrogens with one attached hydrogen (secondary N) is 3. The van der Waals surface area contributed by atoms with E-state index in [4.69, 9.17) is 4.52 Å². The van der Waals surface area contributed by atoms with Gasteiger partial charge in [-0.2, -0.15) is 0 Å². The summed E-state index contributed by atoms with van der Waals surface area (Å²) in [6, 6.07) is 10.1. The number of carbonyl (C=O) groups is 2. The molecule has 3 N–H and O–H groups in total. The molecule has 3 amide bonds. The molecule has 120 valence electrons. The zero-order chi connectivity index (χ0) is 16.2. The highest BCUT2D eigenvalue weighted by atomic mass is 16.5. The van der Waals surface area contributed by atoms with Gasteiger partial charge in [0.05, 0.1) is 0 Å². The number of anilines is 1. The zero-order valence-electron chi connectivity index (χ0n) is 12.7. The van der Waals surface area contributed by atoms with Crippen molar-refractivity contribution in [1.29, 1.82) is 0 Å². The Balaban J connectivity index is 1.62. The normalized spacial score (nSPS) is 20.7. The Kier molecular flexibility index (Phi) is 4.27. The Morgan fingerprint density at radius 2 is 2.13 bits per heavy atom. The van der Waals surface area contributed by atoms with Gasteiger partial charge in [0.1, 0.15) is 6.04 Å². The van der Waals surface area contributed by atoms with Crippen LogP contribution in [0.1, 0.15) is 13.3 Å². The first kappa shape index (κ1) is 15.1. The van der Waals surface area contributed by atoms with Crippen LogP contribution in [0.4, 0.5) is 10.6 Å². The van der Waals surface area contributed by atoms with Crippen molar-refractivity contribution >= 4 is 17.8 Å². The molecule has 0 bridgehead atoms. The molecule has 1 saturated heterocycles. The fourth-order valence-electron chi connectivity index (χ4n) is 2.53. The SMILES string of the molecule is C[C@@H]1CCNC(=O)[C@@H]1NC(=O)Nc1cc(-c2ccccc2)on1. The molecule has 0 aliphatic carbocycles. The number of amides is 3. The van der Waals surface area contributed by atoms with Gasteiger partial charge in [-0.1, -0.05) is 42.4 Å². The molecule has 2 heterocycles. The Hall–Kier alpha value is -2.83. The number of urea groups is 1. The van der Waals surface area contributed by atoms with Crippen molar-refractivity contribution in [3.63, 3.8) is 0 Å². The van der Waals surface area contributed by atoms with E-state index < -0.39 is 12.1 Å². The Bertz CT molecular complexity index is 698. The number of nitrogens with zero attached hydrogens (tertiary/aromatic N) is 1. The maximum Gasteiger partial charge on any atom is 0.321 e. The fraction of sp³-hybridized carbons (Fsp3) is 0.312. The zero-order valence-corrected chi connectivity index (χ0v) is 12.7. The van der Waals surface area contributed by atoms with E-state index >= 15 is 0 Å². The minimum atomic E-state index is -0.538. The molecule has 0 spiro atoms. The Labute approximate surface area is 133 Å². The molecule has 2 aromatic rings. The van der Waals surface area contributed by atoms with E-state index in [1.807, 2.05) is 37.3 Å². The summed E-state index contributed by atoms with van der Waals surface area (Å²) in [4.78, 5) is 23.8. The van der Waals surface area contributed by atoms with Gasteiger partial charge < -0.3 is 15.2 Å². The van der Waals surface area contributed by atoms with Gasteiger partial charge in [0.25, 0.3) is 0 Å². The number of aromatic nitrogens is 1. The van der Waals surface area contributed by atoms with Crippen molar-refractivity contribution in [1.82, 2.24) is 15.8 Å². The molecule has 7 nitrogen and oxygen atoms in total. The van der Waals surface area contributed by atoms with E-state index in [9.17, 15) is 9.59 Å². The number of hydrogen-bond acceptors (Lipinski definition) is 4. The monoisotopic (exact) mass is 314 g/mol. The van der Waals surface area contributed by atoms with Crippen molar-refractivity contribution in [2.45, 2.75) is 19.4 Å². The van der Waals surface area contributed by atoms with E-state index in [-0.39, 0.29) is 11.8 Å². The Morgan fingerprint density at radius 3 is 2.87 bits per heavy atom. The molecule has 3 rings (SSSR count). The summed E-state index contributed by atoms with van der Waals surface area (Å²) >= 11 is 0. The lowest BCUT2D eigenvalue weighted by molar-refractivity contribution is -0.125. The second kappa shape index (κ2) is 6.51. The second-order valence-corrected chi connectivity index (χ2v) is 5.58. The van der Waals surface area contributed by atoms with Gasteiger partial charge in [-0.3, -0.25) is 10.1 Å². The minimum Gasteiger partial charge on any atom is -0.354 e. The van der Waals surface area contributed by atoms with Crippen LogP contribution in [0.5, 0.6) is 0 Å². The molecule has 7 heteroatoms. The van der Waals surface area contributed by atoms with Gasteiger partial charge in [0.15, 0.2) is 11.6 Å². The van der Waals surface area contributed by atoms with Crippen LogP contribution in [0, 0.1) is 5.92 Å². The van der Waals surface area contributed by atoms with Crippen LogP contribution in [0.2, 0.25) is 0 Å². The summed E-state index contributed by atoms with van der Waals surface area (Å²) in [7, 11) is 0. The number of piperidine rings is 1. The van der Waals surface area contributed by atoms with Crippen LogP contribution in [0.25, 0.3) is 11.3 Å². The summed E-state index contributed by atoms with van der Waals surface area (Å²) < 4.78 is 5.21. The summed E-state index contributed by atoms with van der Waals surface area (Å²) in [5.41, 5.74) is 0.869. The lowest BCUT2D eigenvalue weighted by Gasteiger charge is -2.28. The first-order valence-electron chi connectivity index (χ1n) is 7.51. The van der Waals surface area contributed by atoms with Crippen molar-refractivity contribution in [3.8, 4) is 11.3 Å². The average Bonchev–Trinajstić information content (AvgIpc) is 3.00. The summed E-state index contributed by atoms with van der Waals surface area (Å²) in [6.07, 6.45) is 0.832. The quantitative estimate of drug-likeness (QED) is 0.807. The Morgan fingerprint density at radius 1 is 1.35 bits per heavy atom. The van der Waals surface area contributed by atoms with Gasteiger partial charge in [-0.15, -0.1) is 0 Å². The van der Waals surface area contributed by atoms with Crippen LogP contribution in [0.15, 0.2) is 40.9 Å². The largest absolute Gasteiger partial charge is 0.354 e. The molecule has 23 heavy (non-hydrogen) atoms. The third kappa shape index (κ3) is 3.50. The third-order valence-corrected chi connectivity index (χ3v) is 3.85. The van der Waals surface area contributed by atoms with E-state index in [0.717, 1.165) is 12.0 Å². The standard InChI is InChI=1S/C16H18N4O3/c1-10-7-8-17-15(21)14(10)19-16(22)18-13-9-12(23-20-13)11-5-3-2-4-6-11/h2-6,9-10,14H,7-8H2,1H3,(H,17,21)(H2,18,19,20,22)/t10-,14-/m1/s1. The van der Waals surface area contributed by atoms with Crippen molar-refractivity contribution in [3.05, 3.63) is 36.4 Å². The van der Waals surface area contributed by atoms with Crippen molar-refractivity contribution < 1.29 is 14.1 Å². The topological polar surface area (TPSA) is 96.3 Å². The smallest absolute Gasteiger partial charge is 0.321 e. The predicted octanol–water partition coefficient (Wildman–Crippen LogP) is 1.99. The molecule has 0 unspecified atom stereocenters. The summed E-state index contributed by atoms with van der Waals surface area (Å²) in [5, 5.41) is 11.8. The first-order chi connectivity index (χ1) is 11.1. The van der Waals surface area contributed by atoms with E-state index in [1.54, 1.807) is 6.07 Å². The first-order valence-corrected chi connectivity index (χ1v) is 7.51. The number of carbonyl (C=O) groups excluding carboxylic acids is 2. The maximum atomic E-state index is 12.0. The van der Waals surface area contributed by atoms with Gasteiger partial charge in [0.2, 0.25) is 5.91 Å². The second-order valence-electron chi connectivity index (χ2n) is 5.58. The molecule has 0 radical (unpaired) electrons. The van der Waals surface area contributed by atoms with Gasteiger partial charge in [-0.05, 0) is 12.3 Å². The molecule has 1 aliphatic heterocycles. The molecule has 0 saturated carbocycles. The maximum absolute atomic E-state index is 12.0. The van der Waals surface area contributed by atoms with E-state index in [0.29, 0.717) is 18.1 Å². The number of rotatable bonds is 3. The summed E-state index contributed by atoms with van der Waals surface area (Å²) in [5.74, 6) is 0.783. The minimum absolute atomic E-state index is 0.0895. The van der Waals surface area contributed by atoms with Crippen LogP contribution in [-0.2, 0) is 4.79 Å². The predicted molar refractivity (Wildman–Crippen MR) is 84.7 cm³/mol. The van der Waals surface area contributed by atoms with Crippen LogP contribution < -0.4 is 16.0 Å². The van der Waals surface area contributed by atoms with E-state index in [1.165, 1.54) is 0 Å². The lowest BCUT2D eigenvalue weighted by atomic mass is 9.94. The molecule has 1 aliphatic rings. The molecule has 1 aromatic carbocycles. The van der Waals surface area contributed by atoms with Crippen LogP contribution in [0.3, 0.4) is 0 Å². The fourth-order valence-corrected chi connectivity index (χ4v) is 2.53. The van der Waals surface area contributed by atoms with E-state index in [2.05, 4.69) is 21.1 Å². The molecule has 2 atom stereocenters. The number of hydrogen-bond donors (Lipinski definition) is 3. The molecular weight excluding hydrogens is 296 g/mol. The summed E-state index contributed by atoms with van der Waals surface area (Å²) in [6.45, 7) is 2.58. The van der Waals surface area contributed by atoms with Crippen molar-refractivity contribution in [2.75, 3.05) is 11.9 Å².